The Morgan fingerprint density at radius 2 is 2.07 bits per heavy atom. The summed E-state index contributed by atoms with van der Waals surface area (Å²) in [6.07, 6.45) is 4.13. The minimum Gasteiger partial charge on any atom is -0.497 e. The topological polar surface area (TPSA) is 52.8 Å². The number of fused-ring (bicyclic) bond motifs is 1. The van der Waals surface area contributed by atoms with Crippen LogP contribution in [0.1, 0.15) is 30.1 Å². The number of carbonyl (C=O) groups is 1. The second-order valence-electron chi connectivity index (χ2n) is 6.51. The molecule has 1 heterocycles. The van der Waals surface area contributed by atoms with Crippen LogP contribution in [0.3, 0.4) is 0 Å². The smallest absolute Gasteiger partial charge is 0.279 e. The van der Waals surface area contributed by atoms with Crippen molar-refractivity contribution in [2.75, 3.05) is 25.7 Å². The number of rotatable bonds is 9. The number of benzene rings is 2. The Bertz CT molecular complexity index is 1040. The van der Waals surface area contributed by atoms with Crippen LogP contribution in [0.25, 0.3) is 10.2 Å². The maximum Gasteiger partial charge on any atom is 0.279 e. The Morgan fingerprint density at radius 1 is 1.21 bits per heavy atom. The molecule has 0 N–H and O–H groups in total. The molecule has 3 aromatic rings. The average Bonchev–Trinajstić information content (AvgIpc) is 3.08. The third-order valence-corrected chi connectivity index (χ3v) is 6.09. The van der Waals surface area contributed by atoms with Crippen LogP contribution in [0.2, 0.25) is 0 Å². The normalized spacial score (nSPS) is 11.8. The number of thiazole rings is 1. The lowest BCUT2D eigenvalue weighted by Crippen LogP contribution is -2.18. The number of amides is 1. The van der Waals surface area contributed by atoms with E-state index in [1.807, 2.05) is 30.3 Å². The summed E-state index contributed by atoms with van der Waals surface area (Å²) in [6, 6.07) is 13.2. The van der Waals surface area contributed by atoms with E-state index in [1.165, 1.54) is 11.3 Å². The van der Waals surface area contributed by atoms with E-state index in [4.69, 9.17) is 9.47 Å². The number of unbranched alkanes of at least 4 members (excludes halogenated alkanes) is 1. The second-order valence-corrected chi connectivity index (χ2v) is 8.50. The number of thioether (sulfide) groups is 1. The van der Waals surface area contributed by atoms with E-state index < -0.39 is 0 Å². The standard InChI is InChI=1S/C22H26N2O3S2/c1-4-5-12-27-18-8-6-7-16(14-18)21(25)23-22-24(11-13-28-3)19-10-9-17(26-2)15-20(19)29-22/h6-10,14-15H,4-5,11-13H2,1-3H3. The average molecular weight is 431 g/mol. The maximum absolute atomic E-state index is 12.9. The number of ether oxygens (including phenoxy) is 2. The molecule has 0 saturated heterocycles. The maximum atomic E-state index is 12.9. The van der Waals surface area contributed by atoms with Crippen LogP contribution in [-0.2, 0) is 6.54 Å². The lowest BCUT2D eigenvalue weighted by molar-refractivity contribution is 0.0997. The van der Waals surface area contributed by atoms with E-state index in [2.05, 4.69) is 22.7 Å². The first-order valence-electron chi connectivity index (χ1n) is 9.64. The predicted octanol–water partition coefficient (Wildman–Crippen LogP) is 4.99. The van der Waals surface area contributed by atoms with Gasteiger partial charge in [0.1, 0.15) is 11.5 Å². The fourth-order valence-electron chi connectivity index (χ4n) is 2.87. The summed E-state index contributed by atoms with van der Waals surface area (Å²) in [6.45, 7) is 3.56. The van der Waals surface area contributed by atoms with Crippen molar-refractivity contribution in [3.8, 4) is 11.5 Å². The molecule has 0 unspecified atom stereocenters. The molecule has 1 aromatic heterocycles. The van der Waals surface area contributed by atoms with E-state index in [0.717, 1.165) is 41.1 Å². The number of nitrogens with zero attached hydrogens (tertiary/aromatic N) is 2. The Hall–Kier alpha value is -2.25. The van der Waals surface area contributed by atoms with E-state index in [0.29, 0.717) is 22.7 Å². The SMILES string of the molecule is CCCCOc1cccc(C(=O)N=c2sc3cc(OC)ccc3n2CCSC)c1. The number of methoxy groups -OCH3 is 1. The summed E-state index contributed by atoms with van der Waals surface area (Å²) in [4.78, 5) is 18.0. The van der Waals surface area contributed by atoms with Crippen molar-refractivity contribution in [1.29, 1.82) is 0 Å². The fraction of sp³-hybridized carbons (Fsp3) is 0.364. The number of hydrogen-bond donors (Lipinski definition) is 0. The molecule has 0 aliphatic carbocycles. The first-order chi connectivity index (χ1) is 14.2. The zero-order valence-electron chi connectivity index (χ0n) is 17.0. The number of carbonyl (C=O) groups excluding carboxylic acids is 1. The second kappa shape index (κ2) is 10.5. The van der Waals surface area contributed by atoms with Crippen molar-refractivity contribution < 1.29 is 14.3 Å². The molecule has 0 spiro atoms. The molecule has 5 nitrogen and oxygen atoms in total. The Kier molecular flexibility index (Phi) is 7.77. The molecule has 2 aromatic carbocycles. The highest BCUT2D eigenvalue weighted by molar-refractivity contribution is 7.98. The van der Waals surface area contributed by atoms with Crippen LogP contribution in [0, 0.1) is 0 Å². The third kappa shape index (κ3) is 5.42. The van der Waals surface area contributed by atoms with Gasteiger partial charge >= 0.3 is 0 Å². The van der Waals surface area contributed by atoms with Crippen molar-refractivity contribution in [2.24, 2.45) is 4.99 Å². The molecule has 0 saturated carbocycles. The Morgan fingerprint density at radius 3 is 2.83 bits per heavy atom. The number of hydrogen-bond acceptors (Lipinski definition) is 5. The highest BCUT2D eigenvalue weighted by atomic mass is 32.2. The number of aromatic nitrogens is 1. The van der Waals surface area contributed by atoms with Crippen LogP contribution >= 0.6 is 23.1 Å². The summed E-state index contributed by atoms with van der Waals surface area (Å²) in [7, 11) is 1.65. The van der Waals surface area contributed by atoms with Gasteiger partial charge in [-0.05, 0) is 49.1 Å². The lowest BCUT2D eigenvalue weighted by Gasteiger charge is -2.06. The summed E-state index contributed by atoms with van der Waals surface area (Å²) in [5.41, 5.74) is 1.60. The Labute approximate surface area is 179 Å². The van der Waals surface area contributed by atoms with Crippen molar-refractivity contribution in [1.82, 2.24) is 4.57 Å². The van der Waals surface area contributed by atoms with Crippen molar-refractivity contribution >= 4 is 39.2 Å². The molecule has 0 fully saturated rings. The van der Waals surface area contributed by atoms with Gasteiger partial charge in [-0.25, -0.2) is 0 Å². The van der Waals surface area contributed by atoms with Crippen LogP contribution in [0.5, 0.6) is 11.5 Å². The van der Waals surface area contributed by atoms with Crippen molar-refractivity contribution in [3.05, 3.63) is 52.8 Å². The molecule has 0 bridgehead atoms. The van der Waals surface area contributed by atoms with Crippen LogP contribution in [-0.4, -0.2) is 36.2 Å². The van der Waals surface area contributed by atoms with Gasteiger partial charge in [-0.1, -0.05) is 30.7 Å². The van der Waals surface area contributed by atoms with Gasteiger partial charge in [0.2, 0.25) is 0 Å². The minimum absolute atomic E-state index is 0.262. The molecule has 1 amide bonds. The van der Waals surface area contributed by atoms with Crippen LogP contribution < -0.4 is 14.3 Å². The summed E-state index contributed by atoms with van der Waals surface area (Å²) in [5.74, 6) is 2.18. The van der Waals surface area contributed by atoms with Gasteiger partial charge < -0.3 is 14.0 Å². The molecule has 154 valence electrons. The molecule has 0 radical (unpaired) electrons. The summed E-state index contributed by atoms with van der Waals surface area (Å²) >= 11 is 3.27. The zero-order chi connectivity index (χ0) is 20.6. The monoisotopic (exact) mass is 430 g/mol. The molecular weight excluding hydrogens is 404 g/mol. The first-order valence-corrected chi connectivity index (χ1v) is 11.9. The van der Waals surface area contributed by atoms with Gasteiger partial charge in [0, 0.05) is 17.9 Å². The van der Waals surface area contributed by atoms with Gasteiger partial charge in [-0.3, -0.25) is 4.79 Å². The lowest BCUT2D eigenvalue weighted by atomic mass is 10.2. The van der Waals surface area contributed by atoms with E-state index >= 15 is 0 Å². The highest BCUT2D eigenvalue weighted by Crippen LogP contribution is 2.23. The van der Waals surface area contributed by atoms with Crippen molar-refractivity contribution in [2.45, 2.75) is 26.3 Å². The van der Waals surface area contributed by atoms with Gasteiger partial charge in [-0.15, -0.1) is 0 Å². The summed E-state index contributed by atoms with van der Waals surface area (Å²) in [5, 5.41) is 0. The largest absolute Gasteiger partial charge is 0.497 e. The third-order valence-electron chi connectivity index (χ3n) is 4.45. The molecule has 7 heteroatoms. The van der Waals surface area contributed by atoms with Gasteiger partial charge in [0.25, 0.3) is 5.91 Å². The first kappa shape index (κ1) is 21.5. The molecule has 3 rings (SSSR count). The van der Waals surface area contributed by atoms with Crippen LogP contribution in [0.4, 0.5) is 0 Å². The van der Waals surface area contributed by atoms with Crippen LogP contribution in [0.15, 0.2) is 47.5 Å². The molecule has 0 atom stereocenters. The van der Waals surface area contributed by atoms with Gasteiger partial charge in [0.15, 0.2) is 4.80 Å². The molecule has 0 aliphatic rings. The minimum atomic E-state index is -0.262. The van der Waals surface area contributed by atoms with E-state index in [-0.39, 0.29) is 5.91 Å². The van der Waals surface area contributed by atoms with Gasteiger partial charge in [0.05, 0.1) is 23.9 Å². The fourth-order valence-corrected chi connectivity index (χ4v) is 4.32. The quantitative estimate of drug-likeness (QED) is 0.449. The molecular formula is C22H26N2O3S2. The summed E-state index contributed by atoms with van der Waals surface area (Å²) < 4.78 is 14.2. The van der Waals surface area contributed by atoms with E-state index in [1.54, 1.807) is 31.0 Å². The Balaban J connectivity index is 1.95. The van der Waals surface area contributed by atoms with E-state index in [9.17, 15) is 4.79 Å². The molecule has 0 aliphatic heterocycles. The highest BCUT2D eigenvalue weighted by Gasteiger charge is 2.11. The van der Waals surface area contributed by atoms with Crippen molar-refractivity contribution in [3.63, 3.8) is 0 Å². The van der Waals surface area contributed by atoms with Gasteiger partial charge in [-0.2, -0.15) is 16.8 Å². The predicted molar refractivity (Wildman–Crippen MR) is 121 cm³/mol. The number of aryl methyl sites for hydroxylation is 1. The molecule has 29 heavy (non-hydrogen) atoms. The zero-order valence-corrected chi connectivity index (χ0v) is 18.6.